The number of hydrogen-bond donors (Lipinski definition) is 3. The van der Waals surface area contributed by atoms with Gasteiger partial charge in [0.25, 0.3) is 10.0 Å². The second kappa shape index (κ2) is 9.73. The van der Waals surface area contributed by atoms with Gasteiger partial charge in [0.2, 0.25) is 5.91 Å². The lowest BCUT2D eigenvalue weighted by atomic mass is 9.99. The maximum absolute atomic E-state index is 12.5. The van der Waals surface area contributed by atoms with Gasteiger partial charge in [0.15, 0.2) is 0 Å². The van der Waals surface area contributed by atoms with Crippen LogP contribution in [0.15, 0.2) is 59.5 Å². The minimum absolute atomic E-state index is 0. The Hall–Kier alpha value is -2.09. The van der Waals surface area contributed by atoms with E-state index in [0.29, 0.717) is 12.2 Å². The van der Waals surface area contributed by atoms with E-state index >= 15 is 0 Å². The summed E-state index contributed by atoms with van der Waals surface area (Å²) in [5, 5.41) is 6.14. The Morgan fingerprint density at radius 3 is 2.48 bits per heavy atom. The fourth-order valence-electron chi connectivity index (χ4n) is 2.98. The summed E-state index contributed by atoms with van der Waals surface area (Å²) < 4.78 is 27.7. The van der Waals surface area contributed by atoms with E-state index in [4.69, 9.17) is 0 Å². The minimum atomic E-state index is -3.67. The molecule has 0 spiro atoms. The third-order valence-electron chi connectivity index (χ3n) is 4.44. The fraction of sp³-hybridized carbons (Fsp3) is 0.316. The molecule has 0 aromatic heterocycles. The molecule has 1 atom stereocenters. The summed E-state index contributed by atoms with van der Waals surface area (Å²) in [7, 11) is -3.67. The molecule has 0 radical (unpaired) electrons. The number of amides is 1. The van der Waals surface area contributed by atoms with E-state index in [9.17, 15) is 13.2 Å². The maximum atomic E-state index is 12.5. The van der Waals surface area contributed by atoms with Gasteiger partial charge in [-0.2, -0.15) is 0 Å². The Morgan fingerprint density at radius 1 is 1.07 bits per heavy atom. The Labute approximate surface area is 166 Å². The molecule has 6 nitrogen and oxygen atoms in total. The lowest BCUT2D eigenvalue weighted by Gasteiger charge is -2.22. The highest BCUT2D eigenvalue weighted by Crippen LogP contribution is 2.20. The van der Waals surface area contributed by atoms with Crippen molar-refractivity contribution in [3.05, 3.63) is 60.2 Å². The molecule has 1 aliphatic rings. The van der Waals surface area contributed by atoms with Gasteiger partial charge >= 0.3 is 0 Å². The number of carbonyl (C=O) groups excluding carboxylic acids is 1. The highest BCUT2D eigenvalue weighted by molar-refractivity contribution is 7.92. The second-order valence-electron chi connectivity index (χ2n) is 6.34. The van der Waals surface area contributed by atoms with Crippen molar-refractivity contribution < 1.29 is 13.2 Å². The fourth-order valence-corrected chi connectivity index (χ4v) is 4.10. The maximum Gasteiger partial charge on any atom is 0.261 e. The van der Waals surface area contributed by atoms with Crippen LogP contribution in [0.4, 0.5) is 5.69 Å². The quantitative estimate of drug-likeness (QED) is 0.684. The van der Waals surface area contributed by atoms with Gasteiger partial charge in [-0.1, -0.05) is 36.4 Å². The predicted octanol–water partition coefficient (Wildman–Crippen LogP) is 2.53. The van der Waals surface area contributed by atoms with Gasteiger partial charge in [0.05, 0.1) is 16.5 Å². The van der Waals surface area contributed by atoms with Crippen LogP contribution in [0.25, 0.3) is 0 Å². The molecule has 1 fully saturated rings. The van der Waals surface area contributed by atoms with Crippen LogP contribution in [0.2, 0.25) is 0 Å². The molecule has 0 saturated carbocycles. The Bertz CT molecular complexity index is 854. The van der Waals surface area contributed by atoms with Gasteiger partial charge in [-0.15, -0.1) is 12.4 Å². The molecule has 1 aliphatic heterocycles. The summed E-state index contributed by atoms with van der Waals surface area (Å²) in [6.45, 7) is 1.92. The summed E-state index contributed by atoms with van der Waals surface area (Å²) in [4.78, 5) is 12.5. The summed E-state index contributed by atoms with van der Waals surface area (Å²) in [6.07, 6.45) is 1.87. The van der Waals surface area contributed by atoms with E-state index < -0.39 is 10.0 Å². The monoisotopic (exact) mass is 409 g/mol. The molecule has 1 amide bonds. The van der Waals surface area contributed by atoms with Crippen molar-refractivity contribution in [3.63, 3.8) is 0 Å². The first-order chi connectivity index (χ1) is 12.6. The molecule has 3 N–H and O–H groups in total. The Morgan fingerprint density at radius 2 is 1.78 bits per heavy atom. The number of halogens is 1. The number of para-hydroxylation sites is 1. The predicted molar refractivity (Wildman–Crippen MR) is 108 cm³/mol. The number of piperidine rings is 1. The van der Waals surface area contributed by atoms with E-state index in [-0.39, 0.29) is 35.7 Å². The van der Waals surface area contributed by atoms with Gasteiger partial charge in [-0.25, -0.2) is 8.42 Å². The Kier molecular flexibility index (Phi) is 7.65. The molecule has 27 heavy (non-hydrogen) atoms. The number of hydrogen-bond acceptors (Lipinski definition) is 4. The van der Waals surface area contributed by atoms with Gasteiger partial charge in [0, 0.05) is 13.1 Å². The van der Waals surface area contributed by atoms with Crippen LogP contribution in [0.1, 0.15) is 18.4 Å². The lowest BCUT2D eigenvalue weighted by molar-refractivity contribution is -0.125. The van der Waals surface area contributed by atoms with Crippen LogP contribution in [0, 0.1) is 5.92 Å². The van der Waals surface area contributed by atoms with E-state index in [0.717, 1.165) is 24.9 Å². The largest absolute Gasteiger partial charge is 0.352 e. The van der Waals surface area contributed by atoms with E-state index in [2.05, 4.69) is 15.4 Å². The van der Waals surface area contributed by atoms with Crippen LogP contribution < -0.4 is 15.4 Å². The molecule has 0 bridgehead atoms. The lowest BCUT2D eigenvalue weighted by Crippen LogP contribution is -2.40. The standard InChI is InChI=1S/C19H23N3O3S.ClH/c23-19(16-8-6-12-20-13-16)21-14-15-7-4-5-11-18(15)22-26(24,25)17-9-2-1-3-10-17;/h1-5,7,9-11,16,20,22H,6,8,12-14H2,(H,21,23);1H. The van der Waals surface area contributed by atoms with Crippen molar-refractivity contribution in [2.45, 2.75) is 24.3 Å². The molecular weight excluding hydrogens is 386 g/mol. The molecule has 8 heteroatoms. The van der Waals surface area contributed by atoms with Gasteiger partial charge in [-0.05, 0) is 43.1 Å². The second-order valence-corrected chi connectivity index (χ2v) is 8.02. The highest BCUT2D eigenvalue weighted by Gasteiger charge is 2.21. The molecule has 3 rings (SSSR count). The molecule has 1 unspecified atom stereocenters. The zero-order chi connectivity index (χ0) is 18.4. The van der Waals surface area contributed by atoms with Crippen molar-refractivity contribution >= 4 is 34.0 Å². The van der Waals surface area contributed by atoms with Crippen LogP contribution >= 0.6 is 12.4 Å². The van der Waals surface area contributed by atoms with Crippen molar-refractivity contribution in [1.82, 2.24) is 10.6 Å². The number of sulfonamides is 1. The molecule has 0 aliphatic carbocycles. The third-order valence-corrected chi connectivity index (χ3v) is 5.82. The Balaban J connectivity index is 0.00000261. The average Bonchev–Trinajstić information content (AvgIpc) is 2.68. The van der Waals surface area contributed by atoms with Crippen LogP contribution in [-0.2, 0) is 21.4 Å². The molecule has 2 aromatic carbocycles. The summed E-state index contributed by atoms with van der Waals surface area (Å²) in [5.41, 5.74) is 1.20. The molecule has 2 aromatic rings. The summed E-state index contributed by atoms with van der Waals surface area (Å²) >= 11 is 0. The first kappa shape index (κ1) is 21.2. The van der Waals surface area contributed by atoms with Crippen molar-refractivity contribution in [3.8, 4) is 0 Å². The average molecular weight is 410 g/mol. The number of nitrogens with one attached hydrogen (secondary N) is 3. The first-order valence-electron chi connectivity index (χ1n) is 8.70. The molecule has 146 valence electrons. The molecule has 1 saturated heterocycles. The van der Waals surface area contributed by atoms with Crippen molar-refractivity contribution in [2.75, 3.05) is 17.8 Å². The smallest absolute Gasteiger partial charge is 0.261 e. The zero-order valence-electron chi connectivity index (χ0n) is 14.9. The topological polar surface area (TPSA) is 87.3 Å². The number of anilines is 1. The van der Waals surface area contributed by atoms with Gasteiger partial charge in [0.1, 0.15) is 0 Å². The normalized spacial score (nSPS) is 16.8. The minimum Gasteiger partial charge on any atom is -0.352 e. The zero-order valence-corrected chi connectivity index (χ0v) is 16.5. The SMILES string of the molecule is Cl.O=C(NCc1ccccc1NS(=O)(=O)c1ccccc1)C1CCCNC1. The molecule has 1 heterocycles. The number of benzene rings is 2. The van der Waals surface area contributed by atoms with Gasteiger partial charge in [-0.3, -0.25) is 9.52 Å². The van der Waals surface area contributed by atoms with E-state index in [1.165, 1.54) is 0 Å². The summed E-state index contributed by atoms with van der Waals surface area (Å²) in [5.74, 6) is -0.0326. The van der Waals surface area contributed by atoms with Crippen LogP contribution in [0.5, 0.6) is 0 Å². The third kappa shape index (κ3) is 5.69. The number of rotatable bonds is 6. The molecular formula is C19H24ClN3O3S. The van der Waals surface area contributed by atoms with E-state index in [1.54, 1.807) is 42.5 Å². The number of carbonyl (C=O) groups is 1. The van der Waals surface area contributed by atoms with Crippen LogP contribution in [-0.4, -0.2) is 27.4 Å². The van der Waals surface area contributed by atoms with E-state index in [1.807, 2.05) is 12.1 Å². The first-order valence-corrected chi connectivity index (χ1v) is 10.2. The van der Waals surface area contributed by atoms with Crippen LogP contribution in [0.3, 0.4) is 0 Å². The summed E-state index contributed by atoms with van der Waals surface area (Å²) in [6, 6.07) is 15.3. The highest BCUT2D eigenvalue weighted by atomic mass is 35.5. The van der Waals surface area contributed by atoms with Gasteiger partial charge < -0.3 is 10.6 Å². The van der Waals surface area contributed by atoms with Crippen molar-refractivity contribution in [1.29, 1.82) is 0 Å². The van der Waals surface area contributed by atoms with Crippen molar-refractivity contribution in [2.24, 2.45) is 5.92 Å².